The number of anilines is 1. The molecule has 1 aliphatic heterocycles. The zero-order chi connectivity index (χ0) is 16.9. The molecule has 0 bridgehead atoms. The highest BCUT2D eigenvalue weighted by Gasteiger charge is 2.27. The van der Waals surface area contributed by atoms with Crippen LogP contribution in [0.1, 0.15) is 13.3 Å². The third kappa shape index (κ3) is 3.54. The van der Waals surface area contributed by atoms with E-state index in [4.69, 9.17) is 0 Å². The molecule has 0 spiro atoms. The summed E-state index contributed by atoms with van der Waals surface area (Å²) < 4.78 is 0. The fourth-order valence-electron chi connectivity index (χ4n) is 3.10. The second-order valence-corrected chi connectivity index (χ2v) is 5.89. The van der Waals surface area contributed by atoms with Crippen LogP contribution < -0.4 is 4.90 Å². The molecule has 1 saturated heterocycles. The fraction of sp³-hybridized carbons (Fsp3) is 0.389. The third-order valence-electron chi connectivity index (χ3n) is 4.42. The number of piperazine rings is 1. The van der Waals surface area contributed by atoms with E-state index in [0.29, 0.717) is 12.2 Å². The lowest BCUT2D eigenvalue weighted by Gasteiger charge is -2.38. The van der Waals surface area contributed by atoms with E-state index in [0.717, 1.165) is 37.6 Å². The van der Waals surface area contributed by atoms with Crippen LogP contribution in [0.5, 0.6) is 0 Å². The number of nitrogens with zero attached hydrogens (tertiary/aromatic N) is 4. The molecule has 1 atom stereocenters. The van der Waals surface area contributed by atoms with Gasteiger partial charge in [0.05, 0.1) is 0 Å². The molecule has 6 heteroatoms. The molecule has 1 aliphatic rings. The minimum Gasteiger partial charge on any atom is -0.480 e. The van der Waals surface area contributed by atoms with Gasteiger partial charge in [0, 0.05) is 37.9 Å². The Kier molecular flexibility index (Phi) is 5.05. The van der Waals surface area contributed by atoms with Crippen molar-refractivity contribution < 1.29 is 9.90 Å². The van der Waals surface area contributed by atoms with E-state index in [9.17, 15) is 9.90 Å². The Bertz CT molecular complexity index is 684. The maximum atomic E-state index is 11.3. The Morgan fingerprint density at radius 1 is 1.17 bits per heavy atom. The molecule has 0 saturated carbocycles. The molecule has 0 radical (unpaired) electrons. The van der Waals surface area contributed by atoms with E-state index in [1.807, 2.05) is 48.2 Å². The topological polar surface area (TPSA) is 69.6 Å². The average molecular weight is 326 g/mol. The van der Waals surface area contributed by atoms with Crippen molar-refractivity contribution in [2.45, 2.75) is 19.4 Å². The summed E-state index contributed by atoms with van der Waals surface area (Å²) in [6, 6.07) is 11.4. The van der Waals surface area contributed by atoms with Crippen molar-refractivity contribution in [1.29, 1.82) is 0 Å². The molecule has 6 nitrogen and oxygen atoms in total. The summed E-state index contributed by atoms with van der Waals surface area (Å²) >= 11 is 0. The lowest BCUT2D eigenvalue weighted by Crippen LogP contribution is -2.52. The van der Waals surface area contributed by atoms with E-state index < -0.39 is 12.0 Å². The molecule has 0 amide bonds. The summed E-state index contributed by atoms with van der Waals surface area (Å²) in [5.41, 5.74) is 0.995. The summed E-state index contributed by atoms with van der Waals surface area (Å²) in [6.45, 7) is 4.93. The first kappa shape index (κ1) is 16.4. The lowest BCUT2D eigenvalue weighted by atomic mass is 10.1. The van der Waals surface area contributed by atoms with Crippen molar-refractivity contribution in [1.82, 2.24) is 14.9 Å². The SMILES string of the molecule is CCC(C(=O)O)N1CCN(c2ccnc(-c3ccccc3)n2)CC1. The number of hydrogen-bond acceptors (Lipinski definition) is 5. The van der Waals surface area contributed by atoms with Gasteiger partial charge in [0.1, 0.15) is 11.9 Å². The van der Waals surface area contributed by atoms with Crippen molar-refractivity contribution in [3.63, 3.8) is 0 Å². The Morgan fingerprint density at radius 3 is 2.50 bits per heavy atom. The molecule has 2 heterocycles. The molecule has 1 fully saturated rings. The molecular weight excluding hydrogens is 304 g/mol. The maximum Gasteiger partial charge on any atom is 0.320 e. The minimum atomic E-state index is -0.737. The first-order valence-electron chi connectivity index (χ1n) is 8.29. The Labute approximate surface area is 141 Å². The Balaban J connectivity index is 1.70. The molecule has 3 rings (SSSR count). The highest BCUT2D eigenvalue weighted by molar-refractivity contribution is 5.73. The van der Waals surface area contributed by atoms with E-state index in [1.165, 1.54) is 0 Å². The third-order valence-corrected chi connectivity index (χ3v) is 4.42. The molecule has 2 aromatic rings. The summed E-state index contributed by atoms with van der Waals surface area (Å²) in [5.74, 6) is 0.874. The lowest BCUT2D eigenvalue weighted by molar-refractivity contribution is -0.143. The average Bonchev–Trinajstić information content (AvgIpc) is 2.63. The van der Waals surface area contributed by atoms with Gasteiger partial charge in [-0.05, 0) is 12.5 Å². The summed E-state index contributed by atoms with van der Waals surface area (Å²) in [4.78, 5) is 24.6. The van der Waals surface area contributed by atoms with Crippen LogP contribution in [0, 0.1) is 0 Å². The number of aliphatic carboxylic acids is 1. The molecule has 126 valence electrons. The molecule has 24 heavy (non-hydrogen) atoms. The van der Waals surface area contributed by atoms with Crippen LogP contribution in [0.4, 0.5) is 5.82 Å². The molecule has 1 N–H and O–H groups in total. The van der Waals surface area contributed by atoms with Crippen LogP contribution >= 0.6 is 0 Å². The number of carboxylic acids is 1. The van der Waals surface area contributed by atoms with Gasteiger partial charge < -0.3 is 10.0 Å². The van der Waals surface area contributed by atoms with E-state index in [-0.39, 0.29) is 0 Å². The van der Waals surface area contributed by atoms with Crippen LogP contribution in [0.2, 0.25) is 0 Å². The van der Waals surface area contributed by atoms with Crippen molar-refractivity contribution >= 4 is 11.8 Å². The standard InChI is InChI=1S/C18H22N4O2/c1-2-15(18(23)24)21-10-12-22(13-11-21)16-8-9-19-17(20-16)14-6-4-3-5-7-14/h3-9,15H,2,10-13H2,1H3,(H,23,24). The van der Waals surface area contributed by atoms with Gasteiger partial charge in [-0.15, -0.1) is 0 Å². The van der Waals surface area contributed by atoms with Crippen LogP contribution in [0.3, 0.4) is 0 Å². The zero-order valence-electron chi connectivity index (χ0n) is 13.8. The van der Waals surface area contributed by atoms with Crippen molar-refractivity contribution in [2.24, 2.45) is 0 Å². The van der Waals surface area contributed by atoms with Crippen molar-refractivity contribution in [3.8, 4) is 11.4 Å². The Morgan fingerprint density at radius 2 is 1.88 bits per heavy atom. The maximum absolute atomic E-state index is 11.3. The van der Waals surface area contributed by atoms with E-state index in [1.54, 1.807) is 6.20 Å². The number of benzene rings is 1. The summed E-state index contributed by atoms with van der Waals surface area (Å²) in [6.07, 6.45) is 2.41. The molecule has 1 aromatic heterocycles. The monoisotopic (exact) mass is 326 g/mol. The van der Waals surface area contributed by atoms with Gasteiger partial charge in [-0.25, -0.2) is 9.97 Å². The van der Waals surface area contributed by atoms with E-state index in [2.05, 4.69) is 14.9 Å². The van der Waals surface area contributed by atoms with Gasteiger partial charge in [-0.2, -0.15) is 0 Å². The number of hydrogen-bond donors (Lipinski definition) is 1. The fourth-order valence-corrected chi connectivity index (χ4v) is 3.10. The first-order valence-corrected chi connectivity index (χ1v) is 8.29. The number of aromatic nitrogens is 2. The predicted molar refractivity (Wildman–Crippen MR) is 93.0 cm³/mol. The highest BCUT2D eigenvalue weighted by atomic mass is 16.4. The molecule has 1 aromatic carbocycles. The normalized spacial score (nSPS) is 16.8. The largest absolute Gasteiger partial charge is 0.480 e. The second kappa shape index (κ2) is 7.40. The number of rotatable bonds is 5. The number of carbonyl (C=O) groups is 1. The van der Waals surface area contributed by atoms with Gasteiger partial charge in [0.15, 0.2) is 5.82 Å². The van der Waals surface area contributed by atoms with Crippen LogP contribution in [0.25, 0.3) is 11.4 Å². The first-order chi connectivity index (χ1) is 11.7. The van der Waals surface area contributed by atoms with Crippen LogP contribution in [-0.4, -0.2) is 58.2 Å². The van der Waals surface area contributed by atoms with Gasteiger partial charge >= 0.3 is 5.97 Å². The molecule has 0 aliphatic carbocycles. The minimum absolute atomic E-state index is 0.391. The molecule has 1 unspecified atom stereocenters. The van der Waals surface area contributed by atoms with Gasteiger partial charge in [0.2, 0.25) is 0 Å². The smallest absolute Gasteiger partial charge is 0.320 e. The van der Waals surface area contributed by atoms with Gasteiger partial charge in [-0.1, -0.05) is 37.3 Å². The van der Waals surface area contributed by atoms with Crippen molar-refractivity contribution in [3.05, 3.63) is 42.6 Å². The van der Waals surface area contributed by atoms with Gasteiger partial charge in [0.25, 0.3) is 0 Å². The molecular formula is C18H22N4O2. The van der Waals surface area contributed by atoms with Crippen LogP contribution in [-0.2, 0) is 4.79 Å². The zero-order valence-corrected chi connectivity index (χ0v) is 13.8. The number of carboxylic acid groups (broad SMARTS) is 1. The Hall–Kier alpha value is -2.47. The van der Waals surface area contributed by atoms with E-state index >= 15 is 0 Å². The van der Waals surface area contributed by atoms with Crippen molar-refractivity contribution in [2.75, 3.05) is 31.1 Å². The second-order valence-electron chi connectivity index (χ2n) is 5.89. The quantitative estimate of drug-likeness (QED) is 0.908. The summed E-state index contributed by atoms with van der Waals surface area (Å²) in [7, 11) is 0. The van der Waals surface area contributed by atoms with Crippen LogP contribution in [0.15, 0.2) is 42.6 Å². The summed E-state index contributed by atoms with van der Waals surface area (Å²) in [5, 5.41) is 9.29. The predicted octanol–water partition coefficient (Wildman–Crippen LogP) is 2.13. The highest BCUT2D eigenvalue weighted by Crippen LogP contribution is 2.20. The van der Waals surface area contributed by atoms with Gasteiger partial charge in [-0.3, -0.25) is 9.69 Å².